The number of benzene rings is 2. The number of primary amides is 1. The average Bonchev–Trinajstić information content (AvgIpc) is 2.96. The second-order valence-corrected chi connectivity index (χ2v) is 8.22. The zero-order valence-electron chi connectivity index (χ0n) is 17.0. The van der Waals surface area contributed by atoms with E-state index in [0.29, 0.717) is 36.4 Å². The van der Waals surface area contributed by atoms with Gasteiger partial charge in [0.05, 0.1) is 12.7 Å². The summed E-state index contributed by atoms with van der Waals surface area (Å²) in [5.74, 6) is 0.119. The van der Waals surface area contributed by atoms with Gasteiger partial charge in [0, 0.05) is 24.2 Å². The fourth-order valence-corrected chi connectivity index (χ4v) is 4.92. The van der Waals surface area contributed by atoms with Gasteiger partial charge < -0.3 is 20.3 Å². The first kappa shape index (κ1) is 20.6. The molecule has 0 spiro atoms. The first-order chi connectivity index (χ1) is 14.4. The van der Waals surface area contributed by atoms with Gasteiger partial charge in [-0.25, -0.2) is 4.39 Å². The van der Waals surface area contributed by atoms with E-state index >= 15 is 0 Å². The zero-order chi connectivity index (χ0) is 21.3. The Morgan fingerprint density at radius 1 is 1.20 bits per heavy atom. The van der Waals surface area contributed by atoms with Crippen LogP contribution in [-0.4, -0.2) is 41.7 Å². The van der Waals surface area contributed by atoms with Crippen LogP contribution in [0.4, 0.5) is 4.39 Å². The van der Waals surface area contributed by atoms with Crippen molar-refractivity contribution in [3.05, 3.63) is 59.4 Å². The number of rotatable bonds is 7. The molecule has 2 fully saturated rings. The van der Waals surface area contributed by atoms with Gasteiger partial charge in [-0.15, -0.1) is 0 Å². The predicted octanol–water partition coefficient (Wildman–Crippen LogP) is 2.71. The molecule has 2 heterocycles. The molecule has 2 aromatic rings. The topological polar surface area (TPSA) is 85.0 Å². The molecule has 0 radical (unpaired) electrons. The number of nitrogens with zero attached hydrogens (tertiary/aromatic N) is 1. The average molecular weight is 414 g/mol. The summed E-state index contributed by atoms with van der Waals surface area (Å²) in [6, 6.07) is 12.5. The molecule has 2 saturated heterocycles. The van der Waals surface area contributed by atoms with Gasteiger partial charge in [0.25, 0.3) is 5.91 Å². The summed E-state index contributed by atoms with van der Waals surface area (Å²) in [7, 11) is 1.55. The fraction of sp³-hybridized carbons (Fsp3) is 0.435. The minimum Gasteiger partial charge on any atom is -0.493 e. The quantitative estimate of drug-likeness (QED) is 0.728. The number of piperidine rings is 1. The van der Waals surface area contributed by atoms with Crippen LogP contribution in [0.1, 0.15) is 36.8 Å². The summed E-state index contributed by atoms with van der Waals surface area (Å²) in [5.41, 5.74) is 5.46. The van der Waals surface area contributed by atoms with Gasteiger partial charge in [0.2, 0.25) is 0 Å². The lowest BCUT2D eigenvalue weighted by molar-refractivity contribution is -0.119. The van der Waals surface area contributed by atoms with E-state index in [9.17, 15) is 14.3 Å². The number of amides is 1. The Morgan fingerprint density at radius 3 is 2.53 bits per heavy atom. The smallest absolute Gasteiger partial charge is 0.255 e. The van der Waals surface area contributed by atoms with Gasteiger partial charge in [-0.1, -0.05) is 24.3 Å². The molecule has 4 rings (SSSR count). The van der Waals surface area contributed by atoms with Gasteiger partial charge >= 0.3 is 0 Å². The zero-order valence-corrected chi connectivity index (χ0v) is 17.0. The van der Waals surface area contributed by atoms with Crippen LogP contribution >= 0.6 is 0 Å². The van der Waals surface area contributed by atoms with Gasteiger partial charge in [0.1, 0.15) is 5.82 Å². The van der Waals surface area contributed by atoms with Crippen molar-refractivity contribution in [1.29, 1.82) is 0 Å². The van der Waals surface area contributed by atoms with Gasteiger partial charge in [-0.05, 0) is 49.4 Å². The number of halogens is 1. The SMILES string of the molecule is COc1cc(CN2[C@@H]3CC[C@H]2CC(O)(c2ccccc2F)C3)ccc1OCC(N)=O. The predicted molar refractivity (Wildman–Crippen MR) is 110 cm³/mol. The van der Waals surface area contributed by atoms with Crippen molar-refractivity contribution in [3.8, 4) is 11.5 Å². The molecular formula is C23H27FN2O4. The number of hydrogen-bond donors (Lipinski definition) is 2. The molecule has 1 unspecified atom stereocenters. The Balaban J connectivity index is 1.49. The van der Waals surface area contributed by atoms with Gasteiger partial charge in [-0.2, -0.15) is 0 Å². The van der Waals surface area contributed by atoms with Crippen LogP contribution in [0.3, 0.4) is 0 Å². The van der Waals surface area contributed by atoms with Crippen LogP contribution in [0, 0.1) is 5.82 Å². The Hall–Kier alpha value is -2.64. The molecule has 2 bridgehead atoms. The summed E-state index contributed by atoms with van der Waals surface area (Å²) >= 11 is 0. The maximum absolute atomic E-state index is 14.3. The minimum atomic E-state index is -1.13. The summed E-state index contributed by atoms with van der Waals surface area (Å²) in [6.07, 6.45) is 3.00. The van der Waals surface area contributed by atoms with Crippen molar-refractivity contribution in [3.63, 3.8) is 0 Å². The molecule has 7 heteroatoms. The van der Waals surface area contributed by atoms with E-state index in [2.05, 4.69) is 4.90 Å². The van der Waals surface area contributed by atoms with Crippen molar-refractivity contribution in [1.82, 2.24) is 4.90 Å². The largest absolute Gasteiger partial charge is 0.493 e. The number of carbonyl (C=O) groups excluding carboxylic acids is 1. The normalized spacial score (nSPS) is 25.8. The van der Waals surface area contributed by atoms with Crippen molar-refractivity contribution in [2.45, 2.75) is 49.9 Å². The van der Waals surface area contributed by atoms with Crippen molar-refractivity contribution in [2.24, 2.45) is 5.73 Å². The van der Waals surface area contributed by atoms with Crippen LogP contribution in [0.15, 0.2) is 42.5 Å². The monoisotopic (exact) mass is 414 g/mol. The molecule has 30 heavy (non-hydrogen) atoms. The number of aliphatic hydroxyl groups is 1. The molecule has 3 atom stereocenters. The number of ether oxygens (including phenoxy) is 2. The highest BCUT2D eigenvalue weighted by Crippen LogP contribution is 2.47. The highest BCUT2D eigenvalue weighted by Gasteiger charge is 2.48. The molecule has 0 aliphatic carbocycles. The molecule has 6 nitrogen and oxygen atoms in total. The molecule has 2 aliphatic rings. The molecule has 2 aliphatic heterocycles. The molecule has 160 valence electrons. The molecule has 3 N–H and O–H groups in total. The minimum absolute atomic E-state index is 0.185. The Bertz CT molecular complexity index is 921. The second kappa shape index (κ2) is 8.24. The summed E-state index contributed by atoms with van der Waals surface area (Å²) < 4.78 is 25.1. The lowest BCUT2D eigenvalue weighted by atomic mass is 9.80. The highest BCUT2D eigenvalue weighted by atomic mass is 19.1. The number of fused-ring (bicyclic) bond motifs is 2. The standard InChI is InChI=1S/C23H27FN2O4/c1-29-21-10-15(6-9-20(21)30-14-22(25)27)13-26-16-7-8-17(26)12-23(28,11-16)18-4-2-3-5-19(18)24/h2-6,9-10,16-17,28H,7-8,11-14H2,1H3,(H2,25,27)/t16-,17+,23?. The lowest BCUT2D eigenvalue weighted by Crippen LogP contribution is -2.49. The van der Waals surface area contributed by atoms with Crippen LogP contribution in [-0.2, 0) is 16.9 Å². The maximum Gasteiger partial charge on any atom is 0.255 e. The van der Waals surface area contributed by atoms with Crippen LogP contribution in [0.25, 0.3) is 0 Å². The molecule has 2 aromatic carbocycles. The number of carbonyl (C=O) groups is 1. The van der Waals surface area contributed by atoms with E-state index in [0.717, 1.165) is 18.4 Å². The van der Waals surface area contributed by atoms with Gasteiger partial charge in [0.15, 0.2) is 18.1 Å². The third-order valence-electron chi connectivity index (χ3n) is 6.26. The summed E-state index contributed by atoms with van der Waals surface area (Å²) in [6.45, 7) is 0.496. The van der Waals surface area contributed by atoms with Crippen LogP contribution < -0.4 is 15.2 Å². The highest BCUT2D eigenvalue weighted by molar-refractivity contribution is 5.75. The van der Waals surface area contributed by atoms with E-state index in [1.807, 2.05) is 12.1 Å². The number of nitrogens with two attached hydrogens (primary N) is 1. The van der Waals surface area contributed by atoms with Crippen molar-refractivity contribution in [2.75, 3.05) is 13.7 Å². The van der Waals surface area contributed by atoms with E-state index in [1.54, 1.807) is 31.4 Å². The van der Waals surface area contributed by atoms with E-state index in [-0.39, 0.29) is 24.5 Å². The molecule has 1 amide bonds. The van der Waals surface area contributed by atoms with E-state index < -0.39 is 11.5 Å². The Labute approximate surface area is 175 Å². The van der Waals surface area contributed by atoms with Crippen LogP contribution in [0.2, 0.25) is 0 Å². The Morgan fingerprint density at radius 2 is 1.90 bits per heavy atom. The lowest BCUT2D eigenvalue weighted by Gasteiger charge is -2.44. The molecule has 0 saturated carbocycles. The summed E-state index contributed by atoms with van der Waals surface area (Å²) in [5, 5.41) is 11.3. The maximum atomic E-state index is 14.3. The Kier molecular flexibility index (Phi) is 5.66. The first-order valence-electron chi connectivity index (χ1n) is 10.2. The van der Waals surface area contributed by atoms with Crippen LogP contribution in [0.5, 0.6) is 11.5 Å². The number of methoxy groups -OCH3 is 1. The van der Waals surface area contributed by atoms with Crippen molar-refractivity contribution < 1.29 is 23.8 Å². The number of hydrogen-bond acceptors (Lipinski definition) is 5. The first-order valence-corrected chi connectivity index (χ1v) is 10.2. The third kappa shape index (κ3) is 4.00. The second-order valence-electron chi connectivity index (χ2n) is 8.22. The van der Waals surface area contributed by atoms with E-state index in [4.69, 9.17) is 15.2 Å². The molecular weight excluding hydrogens is 387 g/mol. The molecule has 0 aromatic heterocycles. The fourth-order valence-electron chi connectivity index (χ4n) is 4.92. The van der Waals surface area contributed by atoms with Crippen molar-refractivity contribution >= 4 is 5.91 Å². The third-order valence-corrected chi connectivity index (χ3v) is 6.26. The van der Waals surface area contributed by atoms with Gasteiger partial charge in [-0.3, -0.25) is 9.69 Å². The summed E-state index contributed by atoms with van der Waals surface area (Å²) in [4.78, 5) is 13.4. The van der Waals surface area contributed by atoms with E-state index in [1.165, 1.54) is 6.07 Å².